The normalized spacial score (nSPS) is 10.7. The second-order valence-corrected chi connectivity index (χ2v) is 6.61. The highest BCUT2D eigenvalue weighted by molar-refractivity contribution is 6.06. The minimum atomic E-state index is -1.16. The predicted octanol–water partition coefficient (Wildman–Crippen LogP) is 5.03. The summed E-state index contributed by atoms with van der Waals surface area (Å²) in [7, 11) is 1.53. The van der Waals surface area contributed by atoms with Gasteiger partial charge in [0.15, 0.2) is 0 Å². The molecule has 3 rings (SSSR count). The molecule has 0 saturated carbocycles. The van der Waals surface area contributed by atoms with E-state index in [1.165, 1.54) is 13.2 Å². The third-order valence-corrected chi connectivity index (χ3v) is 4.40. The number of ether oxygens (including phenoxy) is 1. The van der Waals surface area contributed by atoms with Crippen LogP contribution in [0.1, 0.15) is 46.2 Å². The van der Waals surface area contributed by atoms with E-state index in [4.69, 9.17) is 14.3 Å². The Morgan fingerprint density at radius 1 is 1.04 bits per heavy atom. The summed E-state index contributed by atoms with van der Waals surface area (Å²) >= 11 is 0. The lowest BCUT2D eigenvalue weighted by Crippen LogP contribution is -2.12. The van der Waals surface area contributed by atoms with Gasteiger partial charge >= 0.3 is 5.97 Å². The van der Waals surface area contributed by atoms with Gasteiger partial charge in [-0.1, -0.05) is 26.0 Å². The van der Waals surface area contributed by atoms with Crippen LogP contribution in [0.4, 0.5) is 5.69 Å². The Kier molecular flexibility index (Phi) is 5.49. The lowest BCUT2D eigenvalue weighted by atomic mass is 10.0. The second kappa shape index (κ2) is 8.00. The van der Waals surface area contributed by atoms with Crippen molar-refractivity contribution in [2.24, 2.45) is 0 Å². The zero-order chi connectivity index (χ0) is 20.3. The van der Waals surface area contributed by atoms with E-state index in [0.717, 1.165) is 5.56 Å². The van der Waals surface area contributed by atoms with Crippen LogP contribution in [-0.2, 0) is 0 Å². The number of carboxylic acids is 1. The van der Waals surface area contributed by atoms with Crippen molar-refractivity contribution in [3.8, 4) is 17.1 Å². The van der Waals surface area contributed by atoms with Crippen LogP contribution in [0.25, 0.3) is 11.3 Å². The fourth-order valence-corrected chi connectivity index (χ4v) is 2.78. The molecule has 0 bridgehead atoms. The molecule has 1 aromatic heterocycles. The molecule has 6 nitrogen and oxygen atoms in total. The average molecular weight is 379 g/mol. The molecular weight excluding hydrogens is 358 g/mol. The highest BCUT2D eigenvalue weighted by Crippen LogP contribution is 2.33. The Labute approximate surface area is 162 Å². The zero-order valence-corrected chi connectivity index (χ0v) is 15.9. The Morgan fingerprint density at radius 2 is 1.75 bits per heavy atom. The molecule has 1 heterocycles. The summed E-state index contributed by atoms with van der Waals surface area (Å²) in [6.07, 6.45) is 0. The maximum atomic E-state index is 12.7. The number of furan rings is 1. The third kappa shape index (κ3) is 4.06. The smallest absolute Gasteiger partial charge is 0.371 e. The van der Waals surface area contributed by atoms with Crippen LogP contribution in [0.3, 0.4) is 0 Å². The molecule has 0 atom stereocenters. The minimum absolute atomic E-state index is 0.174. The molecule has 0 radical (unpaired) electrons. The molecule has 0 aliphatic carbocycles. The first-order chi connectivity index (χ1) is 13.4. The SMILES string of the molecule is COc1ccc(-c2ccc(C(=O)O)o2)c(NC(=O)c2ccc(C(C)C)cc2)c1. The summed E-state index contributed by atoms with van der Waals surface area (Å²) in [6.45, 7) is 4.18. The number of hydrogen-bond donors (Lipinski definition) is 2. The van der Waals surface area contributed by atoms with Gasteiger partial charge in [-0.15, -0.1) is 0 Å². The molecule has 1 amide bonds. The van der Waals surface area contributed by atoms with E-state index in [0.29, 0.717) is 34.2 Å². The number of hydrogen-bond acceptors (Lipinski definition) is 4. The van der Waals surface area contributed by atoms with Crippen molar-refractivity contribution >= 4 is 17.6 Å². The minimum Gasteiger partial charge on any atom is -0.497 e. The number of carbonyl (C=O) groups is 2. The molecule has 0 aliphatic heterocycles. The number of rotatable bonds is 6. The monoisotopic (exact) mass is 379 g/mol. The number of amides is 1. The summed E-state index contributed by atoms with van der Waals surface area (Å²) < 4.78 is 10.6. The van der Waals surface area contributed by atoms with Crippen LogP contribution in [0.5, 0.6) is 5.75 Å². The van der Waals surface area contributed by atoms with Crippen molar-refractivity contribution in [3.05, 3.63) is 71.5 Å². The molecule has 6 heteroatoms. The molecule has 0 fully saturated rings. The van der Waals surface area contributed by atoms with Gasteiger partial charge in [-0.3, -0.25) is 4.79 Å². The van der Waals surface area contributed by atoms with E-state index in [1.807, 2.05) is 12.1 Å². The molecule has 2 N–H and O–H groups in total. The Balaban J connectivity index is 1.93. The number of nitrogens with one attached hydrogen (secondary N) is 1. The van der Waals surface area contributed by atoms with Crippen LogP contribution in [0, 0.1) is 0 Å². The van der Waals surface area contributed by atoms with Crippen molar-refractivity contribution in [2.75, 3.05) is 12.4 Å². The van der Waals surface area contributed by atoms with Crippen LogP contribution in [0.15, 0.2) is 59.0 Å². The van der Waals surface area contributed by atoms with Gasteiger partial charge in [0.05, 0.1) is 12.8 Å². The van der Waals surface area contributed by atoms with Gasteiger partial charge in [0.25, 0.3) is 5.91 Å². The molecule has 0 aliphatic rings. The van der Waals surface area contributed by atoms with Crippen LogP contribution in [0.2, 0.25) is 0 Å². The van der Waals surface area contributed by atoms with Gasteiger partial charge in [0, 0.05) is 17.2 Å². The molecule has 0 spiro atoms. The summed E-state index contributed by atoms with van der Waals surface area (Å²) in [6, 6.07) is 15.4. The van der Waals surface area contributed by atoms with E-state index in [2.05, 4.69) is 19.2 Å². The summed E-state index contributed by atoms with van der Waals surface area (Å²) in [4.78, 5) is 23.8. The highest BCUT2D eigenvalue weighted by Gasteiger charge is 2.16. The lowest BCUT2D eigenvalue weighted by Gasteiger charge is -2.12. The van der Waals surface area contributed by atoms with E-state index < -0.39 is 5.97 Å². The highest BCUT2D eigenvalue weighted by atomic mass is 16.5. The van der Waals surface area contributed by atoms with E-state index in [9.17, 15) is 9.59 Å². The average Bonchev–Trinajstić information content (AvgIpc) is 3.18. The van der Waals surface area contributed by atoms with E-state index in [-0.39, 0.29) is 11.7 Å². The van der Waals surface area contributed by atoms with Crippen molar-refractivity contribution in [1.29, 1.82) is 0 Å². The number of carboxylic acid groups (broad SMARTS) is 1. The van der Waals surface area contributed by atoms with Gasteiger partial charge in [-0.25, -0.2) is 4.79 Å². The van der Waals surface area contributed by atoms with Gasteiger partial charge in [0.2, 0.25) is 5.76 Å². The van der Waals surface area contributed by atoms with Crippen LogP contribution in [-0.4, -0.2) is 24.1 Å². The first kappa shape index (κ1) is 19.2. The first-order valence-corrected chi connectivity index (χ1v) is 8.82. The standard InChI is InChI=1S/C22H21NO5/c1-13(2)14-4-6-15(7-5-14)21(24)23-18-12-16(27-3)8-9-17(18)19-10-11-20(28-19)22(25)26/h4-13H,1-3H3,(H,23,24)(H,25,26). The predicted molar refractivity (Wildman–Crippen MR) is 106 cm³/mol. The first-order valence-electron chi connectivity index (χ1n) is 8.82. The summed E-state index contributed by atoms with van der Waals surface area (Å²) in [5.74, 6) is -0.341. The molecule has 0 unspecified atom stereocenters. The maximum Gasteiger partial charge on any atom is 0.371 e. The molecule has 144 valence electrons. The number of aromatic carboxylic acids is 1. The molecule has 2 aromatic carbocycles. The molecule has 3 aromatic rings. The zero-order valence-electron chi connectivity index (χ0n) is 15.9. The molecule has 0 saturated heterocycles. The molecule has 28 heavy (non-hydrogen) atoms. The Hall–Kier alpha value is -3.54. The van der Waals surface area contributed by atoms with Gasteiger partial charge < -0.3 is 19.6 Å². The lowest BCUT2D eigenvalue weighted by molar-refractivity contribution is 0.0663. The van der Waals surface area contributed by atoms with Crippen molar-refractivity contribution in [1.82, 2.24) is 0 Å². The molecular formula is C22H21NO5. The fraction of sp³-hybridized carbons (Fsp3) is 0.182. The largest absolute Gasteiger partial charge is 0.497 e. The van der Waals surface area contributed by atoms with E-state index >= 15 is 0 Å². The van der Waals surface area contributed by atoms with Gasteiger partial charge in [0.1, 0.15) is 11.5 Å². The maximum absolute atomic E-state index is 12.7. The van der Waals surface area contributed by atoms with Gasteiger partial charge in [-0.05, 0) is 47.9 Å². The van der Waals surface area contributed by atoms with Gasteiger partial charge in [-0.2, -0.15) is 0 Å². The third-order valence-electron chi connectivity index (χ3n) is 4.40. The quantitative estimate of drug-likeness (QED) is 0.627. The van der Waals surface area contributed by atoms with Crippen molar-refractivity contribution < 1.29 is 23.8 Å². The van der Waals surface area contributed by atoms with Crippen LogP contribution >= 0.6 is 0 Å². The second-order valence-electron chi connectivity index (χ2n) is 6.61. The Bertz CT molecular complexity index is 1000. The van der Waals surface area contributed by atoms with Crippen LogP contribution < -0.4 is 10.1 Å². The van der Waals surface area contributed by atoms with Crippen molar-refractivity contribution in [2.45, 2.75) is 19.8 Å². The number of anilines is 1. The fourth-order valence-electron chi connectivity index (χ4n) is 2.78. The van der Waals surface area contributed by atoms with E-state index in [1.54, 1.807) is 36.4 Å². The number of benzene rings is 2. The summed E-state index contributed by atoms with van der Waals surface area (Å²) in [5, 5.41) is 11.9. The topological polar surface area (TPSA) is 88.8 Å². The number of methoxy groups -OCH3 is 1. The van der Waals surface area contributed by atoms with Crippen molar-refractivity contribution in [3.63, 3.8) is 0 Å². The Morgan fingerprint density at radius 3 is 2.32 bits per heavy atom. The number of carbonyl (C=O) groups excluding carboxylic acids is 1. The summed E-state index contributed by atoms with van der Waals surface area (Å²) in [5.41, 5.74) is 2.68.